The fourth-order valence-electron chi connectivity index (χ4n) is 2.77. The third-order valence-electron chi connectivity index (χ3n) is 4.02. The van der Waals surface area contributed by atoms with E-state index in [4.69, 9.17) is 4.74 Å². The molecule has 0 aliphatic heterocycles. The lowest BCUT2D eigenvalue weighted by molar-refractivity contribution is -0.0766. The molecule has 2 rings (SSSR count). The number of aryl methyl sites for hydroxylation is 4. The summed E-state index contributed by atoms with van der Waals surface area (Å²) in [5.41, 5.74) is 5.09. The number of anilines is 1. The molecular weight excluding hydrogens is 340 g/mol. The summed E-state index contributed by atoms with van der Waals surface area (Å²) >= 11 is 0. The zero-order valence-electron chi connectivity index (χ0n) is 15.4. The van der Waals surface area contributed by atoms with Crippen molar-refractivity contribution >= 4 is 11.8 Å². The highest BCUT2D eigenvalue weighted by Gasteiger charge is 2.16. The van der Waals surface area contributed by atoms with Crippen LogP contribution in [0, 0.1) is 20.8 Å². The second-order valence-electron chi connectivity index (χ2n) is 6.15. The predicted octanol–water partition coefficient (Wildman–Crippen LogP) is 5.52. The fourth-order valence-corrected chi connectivity index (χ4v) is 2.77. The van der Waals surface area contributed by atoms with E-state index in [0.29, 0.717) is 11.3 Å². The standard InChI is InChI=1S/C20H23F2NO3/c1-5-15-9-14(4)18(23-20(24)26-19(21)22)16(10-15)11-25-17-7-6-12(2)8-13(17)3/h6-10,19H,5,11H2,1-4H3,(H,23,24). The summed E-state index contributed by atoms with van der Waals surface area (Å²) in [4.78, 5) is 11.6. The molecule has 2 aromatic rings. The third kappa shape index (κ3) is 5.18. The summed E-state index contributed by atoms with van der Waals surface area (Å²) in [6.07, 6.45) is -0.390. The van der Waals surface area contributed by atoms with Crippen LogP contribution in [0.25, 0.3) is 0 Å². The maximum Gasteiger partial charge on any atom is 0.416 e. The van der Waals surface area contributed by atoms with E-state index in [-0.39, 0.29) is 6.61 Å². The summed E-state index contributed by atoms with van der Waals surface area (Å²) in [7, 11) is 0. The highest BCUT2D eigenvalue weighted by atomic mass is 19.3. The molecule has 26 heavy (non-hydrogen) atoms. The van der Waals surface area contributed by atoms with Crippen molar-refractivity contribution in [2.24, 2.45) is 0 Å². The van der Waals surface area contributed by atoms with Crippen molar-refractivity contribution in [3.05, 3.63) is 58.1 Å². The molecule has 0 fully saturated rings. The van der Waals surface area contributed by atoms with Crippen molar-refractivity contribution in [2.75, 3.05) is 5.32 Å². The molecule has 2 aromatic carbocycles. The van der Waals surface area contributed by atoms with Crippen molar-refractivity contribution in [3.63, 3.8) is 0 Å². The summed E-state index contributed by atoms with van der Waals surface area (Å²) in [5.74, 6) is 0.733. The van der Waals surface area contributed by atoms with Crippen LogP contribution >= 0.6 is 0 Å². The Labute approximate surface area is 152 Å². The third-order valence-corrected chi connectivity index (χ3v) is 4.02. The lowest BCUT2D eigenvalue weighted by Crippen LogP contribution is -2.19. The highest BCUT2D eigenvalue weighted by Crippen LogP contribution is 2.27. The van der Waals surface area contributed by atoms with Gasteiger partial charge < -0.3 is 9.47 Å². The predicted molar refractivity (Wildman–Crippen MR) is 96.9 cm³/mol. The zero-order chi connectivity index (χ0) is 19.3. The molecule has 4 nitrogen and oxygen atoms in total. The lowest BCUT2D eigenvalue weighted by atomic mass is 10.0. The van der Waals surface area contributed by atoms with Crippen molar-refractivity contribution in [2.45, 2.75) is 47.3 Å². The van der Waals surface area contributed by atoms with Gasteiger partial charge in [-0.15, -0.1) is 0 Å². The maximum atomic E-state index is 12.2. The van der Waals surface area contributed by atoms with Crippen LogP contribution in [0.1, 0.15) is 34.7 Å². The van der Waals surface area contributed by atoms with Gasteiger partial charge in [0, 0.05) is 5.56 Å². The topological polar surface area (TPSA) is 47.6 Å². The molecular formula is C20H23F2NO3. The second kappa shape index (κ2) is 8.65. The number of alkyl halides is 2. The molecule has 6 heteroatoms. The van der Waals surface area contributed by atoms with E-state index in [1.165, 1.54) is 0 Å². The molecule has 0 aliphatic carbocycles. The minimum Gasteiger partial charge on any atom is -0.489 e. The number of ether oxygens (including phenoxy) is 2. The SMILES string of the molecule is CCc1cc(C)c(NC(=O)OC(F)F)c(COc2ccc(C)cc2C)c1. The molecule has 0 heterocycles. The zero-order valence-corrected chi connectivity index (χ0v) is 15.4. The van der Waals surface area contributed by atoms with Crippen molar-refractivity contribution in [1.82, 2.24) is 0 Å². The first-order valence-corrected chi connectivity index (χ1v) is 8.38. The van der Waals surface area contributed by atoms with Crippen molar-refractivity contribution in [1.29, 1.82) is 0 Å². The molecule has 0 radical (unpaired) electrons. The number of carbonyl (C=O) groups excluding carboxylic acids is 1. The van der Waals surface area contributed by atoms with E-state index in [9.17, 15) is 13.6 Å². The minimum atomic E-state index is -3.17. The van der Waals surface area contributed by atoms with Gasteiger partial charge in [-0.1, -0.05) is 36.8 Å². The molecule has 0 aliphatic rings. The van der Waals surface area contributed by atoms with Crippen molar-refractivity contribution < 1.29 is 23.0 Å². The van der Waals surface area contributed by atoms with E-state index in [0.717, 1.165) is 34.4 Å². The maximum absolute atomic E-state index is 12.2. The number of rotatable bonds is 6. The molecule has 1 N–H and O–H groups in total. The van der Waals surface area contributed by atoms with E-state index in [2.05, 4.69) is 10.1 Å². The van der Waals surface area contributed by atoms with Crippen molar-refractivity contribution in [3.8, 4) is 5.75 Å². The Kier molecular flexibility index (Phi) is 6.55. The summed E-state index contributed by atoms with van der Waals surface area (Å²) < 4.78 is 34.3. The quantitative estimate of drug-likeness (QED) is 0.735. The molecule has 0 unspecified atom stereocenters. The largest absolute Gasteiger partial charge is 0.489 e. The number of nitrogens with one attached hydrogen (secondary N) is 1. The minimum absolute atomic E-state index is 0.197. The molecule has 0 aromatic heterocycles. The normalized spacial score (nSPS) is 10.7. The van der Waals surface area contributed by atoms with Gasteiger partial charge in [0.1, 0.15) is 12.4 Å². The first-order chi connectivity index (χ1) is 12.3. The Morgan fingerprint density at radius 2 is 1.85 bits per heavy atom. The van der Waals surface area contributed by atoms with Gasteiger partial charge in [0.05, 0.1) is 5.69 Å². The lowest BCUT2D eigenvalue weighted by Gasteiger charge is -2.17. The van der Waals surface area contributed by atoms with Gasteiger partial charge in [-0.25, -0.2) is 4.79 Å². The summed E-state index contributed by atoms with van der Waals surface area (Å²) in [5, 5.41) is 2.40. The van der Waals surface area contributed by atoms with Gasteiger partial charge in [0.25, 0.3) is 0 Å². The first-order valence-electron chi connectivity index (χ1n) is 8.38. The van der Waals surface area contributed by atoms with Crippen LogP contribution in [0.15, 0.2) is 30.3 Å². The van der Waals surface area contributed by atoms with Crippen LogP contribution in [-0.2, 0) is 17.8 Å². The fraction of sp³-hybridized carbons (Fsp3) is 0.350. The Morgan fingerprint density at radius 1 is 1.12 bits per heavy atom. The Balaban J connectivity index is 2.26. The van der Waals surface area contributed by atoms with E-state index >= 15 is 0 Å². The van der Waals surface area contributed by atoms with Crippen LogP contribution in [0.5, 0.6) is 5.75 Å². The monoisotopic (exact) mass is 363 g/mol. The number of benzene rings is 2. The van der Waals surface area contributed by atoms with Crippen LogP contribution in [-0.4, -0.2) is 12.7 Å². The number of amides is 1. The van der Waals surface area contributed by atoms with Crippen LogP contribution < -0.4 is 10.1 Å². The Morgan fingerprint density at radius 3 is 2.46 bits per heavy atom. The molecule has 0 saturated carbocycles. The highest BCUT2D eigenvalue weighted by molar-refractivity contribution is 5.87. The summed E-state index contributed by atoms with van der Waals surface area (Å²) in [6.45, 7) is 4.80. The van der Waals surface area contributed by atoms with Gasteiger partial charge in [-0.05, 0) is 49.9 Å². The number of hydrogen-bond acceptors (Lipinski definition) is 3. The number of hydrogen-bond donors (Lipinski definition) is 1. The van der Waals surface area contributed by atoms with E-state index in [1.807, 2.05) is 51.1 Å². The number of carbonyl (C=O) groups is 1. The van der Waals surface area contributed by atoms with Crippen LogP contribution in [0.2, 0.25) is 0 Å². The van der Waals surface area contributed by atoms with Crippen LogP contribution in [0.4, 0.5) is 19.3 Å². The molecule has 0 bridgehead atoms. The smallest absolute Gasteiger partial charge is 0.416 e. The summed E-state index contributed by atoms with van der Waals surface area (Å²) in [6, 6.07) is 9.66. The van der Waals surface area contributed by atoms with Gasteiger partial charge in [-0.2, -0.15) is 8.78 Å². The average molecular weight is 363 g/mol. The first kappa shape index (κ1) is 19.7. The van der Waals surface area contributed by atoms with Crippen LogP contribution in [0.3, 0.4) is 0 Å². The van der Waals surface area contributed by atoms with Gasteiger partial charge in [0.15, 0.2) is 0 Å². The van der Waals surface area contributed by atoms with E-state index in [1.54, 1.807) is 6.92 Å². The number of halogens is 2. The second-order valence-corrected chi connectivity index (χ2v) is 6.15. The van der Waals surface area contributed by atoms with Gasteiger partial charge in [-0.3, -0.25) is 5.32 Å². The molecule has 0 atom stereocenters. The molecule has 140 valence electrons. The van der Waals surface area contributed by atoms with Gasteiger partial charge >= 0.3 is 12.7 Å². The van der Waals surface area contributed by atoms with E-state index < -0.39 is 12.7 Å². The molecule has 1 amide bonds. The molecule has 0 spiro atoms. The Bertz CT molecular complexity index is 791. The Hall–Kier alpha value is -2.63. The van der Waals surface area contributed by atoms with Gasteiger partial charge in [0.2, 0.25) is 0 Å². The average Bonchev–Trinajstić information content (AvgIpc) is 2.55. The molecule has 0 saturated heterocycles.